The number of ether oxygens (including phenoxy) is 1. The van der Waals surface area contributed by atoms with Crippen LogP contribution in [0.2, 0.25) is 0 Å². The van der Waals surface area contributed by atoms with Gasteiger partial charge in [0.1, 0.15) is 5.75 Å². The van der Waals surface area contributed by atoms with Gasteiger partial charge in [0.15, 0.2) is 0 Å². The van der Waals surface area contributed by atoms with Crippen molar-refractivity contribution < 1.29 is 4.74 Å². The minimum Gasteiger partial charge on any atom is -0.493 e. The third kappa shape index (κ3) is 6.09. The van der Waals surface area contributed by atoms with Crippen LogP contribution in [-0.4, -0.2) is 6.61 Å². The number of benzene rings is 1. The van der Waals surface area contributed by atoms with E-state index in [0.29, 0.717) is 6.61 Å². The van der Waals surface area contributed by atoms with Crippen molar-refractivity contribution >= 4 is 0 Å². The summed E-state index contributed by atoms with van der Waals surface area (Å²) in [5.74, 6) is 1.01. The fourth-order valence-corrected chi connectivity index (χ4v) is 2.23. The molecule has 0 unspecified atom stereocenters. The number of rotatable bonds is 10. The molecule has 1 heteroatoms. The molecule has 1 aromatic carbocycles. The molecule has 0 amide bonds. The Bertz CT molecular complexity index is 306. The van der Waals surface area contributed by atoms with Crippen LogP contribution in [-0.2, 0) is 6.42 Å². The summed E-state index contributed by atoms with van der Waals surface area (Å²) in [5.41, 5.74) is 1.33. The first-order valence-corrected chi connectivity index (χ1v) is 7.38. The average molecular weight is 247 g/mol. The second-order valence-electron chi connectivity index (χ2n) is 4.83. The highest BCUT2D eigenvalue weighted by molar-refractivity contribution is 5.33. The fraction of sp³-hybridized carbons (Fsp3) is 0.588. The van der Waals surface area contributed by atoms with Gasteiger partial charge in [0, 0.05) is 0 Å². The number of aryl methyl sites for hydroxylation is 1. The van der Waals surface area contributed by atoms with E-state index in [1.807, 2.05) is 12.1 Å². The molecule has 1 nitrogen and oxygen atoms in total. The summed E-state index contributed by atoms with van der Waals surface area (Å²) in [6.45, 7) is 6.51. The predicted molar refractivity (Wildman–Crippen MR) is 79.0 cm³/mol. The van der Waals surface area contributed by atoms with Gasteiger partial charge in [0.25, 0.3) is 0 Å². The third-order valence-electron chi connectivity index (χ3n) is 3.28. The zero-order valence-electron chi connectivity index (χ0n) is 11.8. The lowest BCUT2D eigenvalue weighted by atomic mass is 10.0. The van der Waals surface area contributed by atoms with Gasteiger partial charge in [-0.1, -0.05) is 63.6 Å². The van der Waals surface area contributed by atoms with Crippen molar-refractivity contribution in [3.05, 3.63) is 36.8 Å². The average Bonchev–Trinajstić information content (AvgIpc) is 2.40. The molecule has 0 aliphatic heterocycles. The Morgan fingerprint density at radius 3 is 2.33 bits per heavy atom. The largest absolute Gasteiger partial charge is 0.493 e. The molecule has 1 radical (unpaired) electrons. The summed E-state index contributed by atoms with van der Waals surface area (Å²) >= 11 is 0. The summed E-state index contributed by atoms with van der Waals surface area (Å²) in [4.78, 5) is 0. The van der Waals surface area contributed by atoms with E-state index in [0.717, 1.165) is 12.2 Å². The van der Waals surface area contributed by atoms with Gasteiger partial charge in [-0.3, -0.25) is 0 Å². The van der Waals surface area contributed by atoms with E-state index < -0.39 is 0 Å². The van der Waals surface area contributed by atoms with E-state index in [1.54, 1.807) is 0 Å². The minimum atomic E-state index is 0.508. The molecule has 1 rings (SSSR count). The van der Waals surface area contributed by atoms with Crippen LogP contribution in [0.25, 0.3) is 0 Å². The van der Waals surface area contributed by atoms with Crippen molar-refractivity contribution in [3.8, 4) is 5.75 Å². The summed E-state index contributed by atoms with van der Waals surface area (Å²) in [6, 6.07) is 8.33. The van der Waals surface area contributed by atoms with Crippen LogP contribution < -0.4 is 4.74 Å². The Morgan fingerprint density at radius 2 is 1.61 bits per heavy atom. The highest BCUT2D eigenvalue weighted by atomic mass is 16.5. The van der Waals surface area contributed by atoms with Gasteiger partial charge in [-0.05, 0) is 31.4 Å². The Hall–Kier alpha value is -0.980. The predicted octanol–water partition coefficient (Wildman–Crippen LogP) is 5.19. The van der Waals surface area contributed by atoms with Crippen LogP contribution in [0.3, 0.4) is 0 Å². The monoisotopic (exact) mass is 247 g/mol. The molecule has 101 valence electrons. The van der Waals surface area contributed by atoms with Crippen molar-refractivity contribution in [1.29, 1.82) is 0 Å². The molecule has 0 aromatic heterocycles. The zero-order chi connectivity index (χ0) is 13.1. The van der Waals surface area contributed by atoms with Gasteiger partial charge >= 0.3 is 0 Å². The number of unbranched alkanes of at least 4 members (excludes halogenated alkanes) is 6. The maximum Gasteiger partial charge on any atom is 0.122 e. The topological polar surface area (TPSA) is 9.23 Å². The smallest absolute Gasteiger partial charge is 0.122 e. The Kier molecular flexibility index (Phi) is 8.37. The molecule has 0 spiro atoms. The van der Waals surface area contributed by atoms with Gasteiger partial charge in [-0.15, -0.1) is 0 Å². The molecule has 0 bridgehead atoms. The molecule has 1 aromatic rings. The second kappa shape index (κ2) is 9.99. The van der Waals surface area contributed by atoms with Gasteiger partial charge in [-0.2, -0.15) is 0 Å². The first-order valence-electron chi connectivity index (χ1n) is 7.38. The maximum atomic E-state index is 5.54. The molecule has 0 atom stereocenters. The molecule has 0 N–H and O–H groups in total. The van der Waals surface area contributed by atoms with Crippen LogP contribution in [0.15, 0.2) is 24.3 Å². The first kappa shape index (κ1) is 15.1. The molecule has 0 aliphatic rings. The van der Waals surface area contributed by atoms with Crippen LogP contribution in [0.5, 0.6) is 5.75 Å². The lowest BCUT2D eigenvalue weighted by Gasteiger charge is -2.09. The van der Waals surface area contributed by atoms with Crippen LogP contribution in [0, 0.1) is 6.92 Å². The van der Waals surface area contributed by atoms with Crippen LogP contribution in [0.1, 0.15) is 57.4 Å². The summed E-state index contributed by atoms with van der Waals surface area (Å²) in [7, 11) is 0. The summed E-state index contributed by atoms with van der Waals surface area (Å²) in [5, 5.41) is 0. The lowest BCUT2D eigenvalue weighted by molar-refractivity contribution is 0.356. The maximum absolute atomic E-state index is 5.54. The lowest BCUT2D eigenvalue weighted by Crippen LogP contribution is -1.96. The fourth-order valence-electron chi connectivity index (χ4n) is 2.23. The van der Waals surface area contributed by atoms with Crippen molar-refractivity contribution in [2.24, 2.45) is 0 Å². The highest BCUT2D eigenvalue weighted by Crippen LogP contribution is 2.20. The van der Waals surface area contributed by atoms with Gasteiger partial charge in [0.05, 0.1) is 6.61 Å². The molecular weight excluding hydrogens is 220 g/mol. The van der Waals surface area contributed by atoms with Crippen molar-refractivity contribution in [2.45, 2.75) is 58.3 Å². The minimum absolute atomic E-state index is 0.508. The first-order chi connectivity index (χ1) is 8.88. The summed E-state index contributed by atoms with van der Waals surface area (Å²) in [6.07, 6.45) is 10.6. The third-order valence-corrected chi connectivity index (χ3v) is 3.28. The zero-order valence-corrected chi connectivity index (χ0v) is 11.8. The van der Waals surface area contributed by atoms with E-state index in [1.165, 1.54) is 50.5 Å². The second-order valence-corrected chi connectivity index (χ2v) is 4.83. The van der Waals surface area contributed by atoms with Crippen molar-refractivity contribution in [1.82, 2.24) is 0 Å². The highest BCUT2D eigenvalue weighted by Gasteiger charge is 2.01. The van der Waals surface area contributed by atoms with E-state index in [4.69, 9.17) is 4.74 Å². The quantitative estimate of drug-likeness (QED) is 0.517. The normalized spacial score (nSPS) is 10.6. The standard InChI is InChI=1S/C17H27O/c1-3-5-6-7-8-9-10-13-16-14-11-12-15-17(16)18-4-2/h11-12,14-15H,2-10,13H2,1H3. The number of hydrogen-bond acceptors (Lipinski definition) is 1. The SMILES string of the molecule is [CH2]COc1ccccc1CCCCCCCCC. The molecule has 18 heavy (non-hydrogen) atoms. The Morgan fingerprint density at radius 1 is 0.944 bits per heavy atom. The van der Waals surface area contributed by atoms with Crippen molar-refractivity contribution in [2.75, 3.05) is 6.61 Å². The molecule has 0 aliphatic carbocycles. The summed E-state index contributed by atoms with van der Waals surface area (Å²) < 4.78 is 5.54. The molecule has 0 saturated heterocycles. The van der Waals surface area contributed by atoms with Crippen LogP contribution >= 0.6 is 0 Å². The Balaban J connectivity index is 2.18. The molecule has 0 heterocycles. The number of hydrogen-bond donors (Lipinski definition) is 0. The van der Waals surface area contributed by atoms with E-state index in [-0.39, 0.29) is 0 Å². The van der Waals surface area contributed by atoms with E-state index >= 15 is 0 Å². The van der Waals surface area contributed by atoms with E-state index in [9.17, 15) is 0 Å². The molecule has 0 fully saturated rings. The van der Waals surface area contributed by atoms with Crippen LogP contribution in [0.4, 0.5) is 0 Å². The molecular formula is C17H27O. The van der Waals surface area contributed by atoms with Gasteiger partial charge in [0.2, 0.25) is 0 Å². The van der Waals surface area contributed by atoms with Crippen molar-refractivity contribution in [3.63, 3.8) is 0 Å². The Labute approximate surface area is 113 Å². The van der Waals surface area contributed by atoms with Gasteiger partial charge < -0.3 is 4.74 Å². The van der Waals surface area contributed by atoms with E-state index in [2.05, 4.69) is 26.0 Å². The molecule has 0 saturated carbocycles. The van der Waals surface area contributed by atoms with Gasteiger partial charge in [-0.25, -0.2) is 0 Å². The number of para-hydroxylation sites is 1.